The van der Waals surface area contributed by atoms with Crippen LogP contribution in [0.5, 0.6) is 0 Å². The van der Waals surface area contributed by atoms with Crippen molar-refractivity contribution in [1.29, 1.82) is 0 Å². The zero-order valence-corrected chi connectivity index (χ0v) is 13.3. The van der Waals surface area contributed by atoms with Crippen LogP contribution in [-0.2, 0) is 4.79 Å². The Bertz CT molecular complexity index is 335. The quantitative estimate of drug-likeness (QED) is 0.814. The van der Waals surface area contributed by atoms with Gasteiger partial charge in [-0.05, 0) is 57.4 Å². The molecule has 2 heterocycles. The van der Waals surface area contributed by atoms with E-state index in [9.17, 15) is 4.79 Å². The third-order valence-corrected chi connectivity index (χ3v) is 5.64. The molecule has 0 spiro atoms. The van der Waals surface area contributed by atoms with E-state index in [0.29, 0.717) is 18.4 Å². The lowest BCUT2D eigenvalue weighted by Crippen LogP contribution is -2.43. The van der Waals surface area contributed by atoms with Crippen LogP contribution >= 0.6 is 0 Å². The lowest BCUT2D eigenvalue weighted by atomic mass is 9.93. The molecule has 0 aromatic rings. The lowest BCUT2D eigenvalue weighted by molar-refractivity contribution is -0.132. The Balaban J connectivity index is 1.38. The molecule has 1 saturated carbocycles. The van der Waals surface area contributed by atoms with E-state index < -0.39 is 0 Å². The van der Waals surface area contributed by atoms with Crippen LogP contribution in [-0.4, -0.2) is 49.1 Å². The topological polar surface area (TPSA) is 44.4 Å². The maximum Gasteiger partial charge on any atom is 0.223 e. The van der Waals surface area contributed by atoms with Gasteiger partial charge in [0.2, 0.25) is 5.91 Å². The van der Waals surface area contributed by atoms with Crippen molar-refractivity contribution in [3.8, 4) is 0 Å². The molecule has 3 atom stereocenters. The number of carbonyl (C=O) groups excluding carboxylic acids is 1. The Kier molecular flexibility index (Phi) is 5.53. The van der Waals surface area contributed by atoms with E-state index in [-0.39, 0.29) is 0 Å². The second-order valence-corrected chi connectivity index (χ2v) is 7.05. The van der Waals surface area contributed by atoms with E-state index >= 15 is 0 Å². The zero-order valence-electron chi connectivity index (χ0n) is 13.3. The summed E-state index contributed by atoms with van der Waals surface area (Å²) in [6.07, 6.45) is 11.0. The summed E-state index contributed by atoms with van der Waals surface area (Å²) < 4.78 is 0. The fourth-order valence-corrected chi connectivity index (χ4v) is 4.47. The highest BCUT2D eigenvalue weighted by Crippen LogP contribution is 2.31. The molecule has 0 aromatic carbocycles. The van der Waals surface area contributed by atoms with Crippen LogP contribution in [0.15, 0.2) is 0 Å². The minimum atomic E-state index is 0.357. The Morgan fingerprint density at radius 2 is 1.90 bits per heavy atom. The molecule has 3 unspecified atom stereocenters. The number of nitrogens with one attached hydrogen (secondary N) is 2. The van der Waals surface area contributed by atoms with E-state index in [2.05, 4.69) is 15.5 Å². The van der Waals surface area contributed by atoms with Crippen LogP contribution in [0.4, 0.5) is 0 Å². The summed E-state index contributed by atoms with van der Waals surface area (Å²) in [4.78, 5) is 14.2. The van der Waals surface area contributed by atoms with Crippen LogP contribution in [0.25, 0.3) is 0 Å². The van der Waals surface area contributed by atoms with Gasteiger partial charge < -0.3 is 15.5 Å². The molecule has 120 valence electrons. The summed E-state index contributed by atoms with van der Waals surface area (Å²) in [6, 6.07) is 1.36. The molecule has 4 heteroatoms. The largest absolute Gasteiger partial charge is 0.343 e. The van der Waals surface area contributed by atoms with Crippen LogP contribution in [0.3, 0.4) is 0 Å². The summed E-state index contributed by atoms with van der Waals surface area (Å²) in [5.74, 6) is 1.15. The van der Waals surface area contributed by atoms with Crippen molar-refractivity contribution < 1.29 is 4.79 Å². The maximum atomic E-state index is 12.2. The summed E-state index contributed by atoms with van der Waals surface area (Å²) in [6.45, 7) is 4.03. The van der Waals surface area contributed by atoms with Gasteiger partial charge in [0.15, 0.2) is 0 Å². The van der Waals surface area contributed by atoms with Crippen LogP contribution < -0.4 is 10.6 Å². The predicted molar refractivity (Wildman–Crippen MR) is 85.2 cm³/mol. The molecular weight excluding hydrogens is 262 g/mol. The van der Waals surface area contributed by atoms with Gasteiger partial charge in [0.05, 0.1) is 0 Å². The lowest BCUT2D eigenvalue weighted by Gasteiger charge is -2.28. The minimum Gasteiger partial charge on any atom is -0.343 e. The summed E-state index contributed by atoms with van der Waals surface area (Å²) in [5, 5.41) is 7.36. The highest BCUT2D eigenvalue weighted by Gasteiger charge is 2.34. The summed E-state index contributed by atoms with van der Waals surface area (Å²) in [5.41, 5.74) is 0. The fourth-order valence-electron chi connectivity index (χ4n) is 4.47. The Hall–Kier alpha value is -0.610. The van der Waals surface area contributed by atoms with E-state index in [0.717, 1.165) is 31.6 Å². The molecule has 2 N–H and O–H groups in total. The number of carbonyl (C=O) groups is 1. The van der Waals surface area contributed by atoms with E-state index in [1.165, 1.54) is 57.9 Å². The number of likely N-dealkylation sites (tertiary alicyclic amines) is 1. The van der Waals surface area contributed by atoms with Gasteiger partial charge in [-0.15, -0.1) is 0 Å². The van der Waals surface area contributed by atoms with Crippen molar-refractivity contribution in [2.75, 3.05) is 26.2 Å². The van der Waals surface area contributed by atoms with Gasteiger partial charge in [0, 0.05) is 38.1 Å². The Labute approximate surface area is 129 Å². The Morgan fingerprint density at radius 3 is 2.67 bits per heavy atom. The van der Waals surface area contributed by atoms with Gasteiger partial charge in [0.1, 0.15) is 0 Å². The smallest absolute Gasteiger partial charge is 0.223 e. The first-order chi connectivity index (χ1) is 10.3. The highest BCUT2D eigenvalue weighted by atomic mass is 16.2. The molecular formula is C17H31N3O. The standard InChI is InChI=1S/C17H31N3O/c21-17(20-12-2-1-3-13-20)9-11-19-15-7-4-6-14(15)16-8-5-10-18-16/h14-16,18-19H,1-13H2. The van der Waals surface area contributed by atoms with Crippen molar-refractivity contribution in [2.24, 2.45) is 5.92 Å². The highest BCUT2D eigenvalue weighted by molar-refractivity contribution is 5.76. The molecule has 2 saturated heterocycles. The minimum absolute atomic E-state index is 0.357. The molecule has 3 rings (SSSR count). The van der Waals surface area contributed by atoms with E-state index in [1.54, 1.807) is 0 Å². The first kappa shape index (κ1) is 15.3. The molecule has 21 heavy (non-hydrogen) atoms. The summed E-state index contributed by atoms with van der Waals surface area (Å²) in [7, 11) is 0. The van der Waals surface area contributed by atoms with Crippen molar-refractivity contribution in [2.45, 2.75) is 69.9 Å². The van der Waals surface area contributed by atoms with Crippen LogP contribution in [0.2, 0.25) is 0 Å². The molecule has 3 fully saturated rings. The molecule has 1 amide bonds. The second-order valence-electron chi connectivity index (χ2n) is 7.05. The van der Waals surface area contributed by atoms with Crippen molar-refractivity contribution >= 4 is 5.91 Å². The second kappa shape index (κ2) is 7.59. The number of amides is 1. The third kappa shape index (κ3) is 3.98. The van der Waals surface area contributed by atoms with Crippen molar-refractivity contribution in [3.05, 3.63) is 0 Å². The van der Waals surface area contributed by atoms with Gasteiger partial charge >= 0.3 is 0 Å². The third-order valence-electron chi connectivity index (χ3n) is 5.64. The number of nitrogens with zero attached hydrogens (tertiary/aromatic N) is 1. The van der Waals surface area contributed by atoms with Gasteiger partial charge in [-0.3, -0.25) is 4.79 Å². The molecule has 2 aliphatic heterocycles. The maximum absolute atomic E-state index is 12.2. The van der Waals surface area contributed by atoms with Gasteiger partial charge in [-0.1, -0.05) is 6.42 Å². The number of rotatable bonds is 5. The molecule has 0 bridgehead atoms. The van der Waals surface area contributed by atoms with Gasteiger partial charge in [-0.2, -0.15) is 0 Å². The monoisotopic (exact) mass is 293 g/mol. The first-order valence-electron chi connectivity index (χ1n) is 9.09. The fraction of sp³-hybridized carbons (Fsp3) is 0.941. The molecule has 0 aromatic heterocycles. The van der Waals surface area contributed by atoms with E-state index in [1.807, 2.05) is 0 Å². The molecule has 0 radical (unpaired) electrons. The van der Waals surface area contributed by atoms with Crippen molar-refractivity contribution in [1.82, 2.24) is 15.5 Å². The molecule has 1 aliphatic carbocycles. The number of hydrogen-bond acceptors (Lipinski definition) is 3. The zero-order chi connectivity index (χ0) is 14.5. The van der Waals surface area contributed by atoms with Gasteiger partial charge in [0.25, 0.3) is 0 Å². The number of piperidine rings is 1. The predicted octanol–water partition coefficient (Wildman–Crippen LogP) is 1.90. The average Bonchev–Trinajstić information content (AvgIpc) is 3.18. The first-order valence-corrected chi connectivity index (χ1v) is 9.09. The van der Waals surface area contributed by atoms with Gasteiger partial charge in [-0.25, -0.2) is 0 Å². The Morgan fingerprint density at radius 1 is 1.05 bits per heavy atom. The number of hydrogen-bond donors (Lipinski definition) is 2. The van der Waals surface area contributed by atoms with Crippen LogP contribution in [0.1, 0.15) is 57.8 Å². The molecule has 4 nitrogen and oxygen atoms in total. The molecule has 3 aliphatic rings. The van der Waals surface area contributed by atoms with Crippen molar-refractivity contribution in [3.63, 3.8) is 0 Å². The normalized spacial score (nSPS) is 33.5. The average molecular weight is 293 g/mol. The SMILES string of the molecule is O=C(CCNC1CCCC1C1CCCN1)N1CCCCC1. The van der Waals surface area contributed by atoms with E-state index in [4.69, 9.17) is 0 Å². The van der Waals surface area contributed by atoms with Crippen LogP contribution in [0, 0.1) is 5.92 Å². The summed E-state index contributed by atoms with van der Waals surface area (Å²) >= 11 is 0.